The summed E-state index contributed by atoms with van der Waals surface area (Å²) in [5.74, 6) is 1.48. The molecule has 0 amide bonds. The van der Waals surface area contributed by atoms with Crippen LogP contribution < -0.4 is 4.90 Å². The van der Waals surface area contributed by atoms with Crippen molar-refractivity contribution >= 4 is 28.2 Å². The molecular formula is C16H21ClN2O. The Hall–Kier alpha value is -1.32. The molecule has 0 fully saturated rings. The van der Waals surface area contributed by atoms with Gasteiger partial charge in [0.05, 0.1) is 6.61 Å². The van der Waals surface area contributed by atoms with Gasteiger partial charge in [0.25, 0.3) is 0 Å². The molecule has 1 aromatic carbocycles. The molecule has 1 aromatic heterocycles. The summed E-state index contributed by atoms with van der Waals surface area (Å²) < 4.78 is 5.21. The maximum absolute atomic E-state index is 6.01. The van der Waals surface area contributed by atoms with Crippen LogP contribution >= 0.6 is 11.6 Å². The molecule has 0 saturated heterocycles. The van der Waals surface area contributed by atoms with E-state index >= 15 is 0 Å². The van der Waals surface area contributed by atoms with E-state index < -0.39 is 0 Å². The third kappa shape index (κ3) is 3.05. The number of nitrogens with zero attached hydrogens (tertiary/aromatic N) is 2. The molecule has 4 heteroatoms. The van der Waals surface area contributed by atoms with Gasteiger partial charge in [-0.15, -0.1) is 11.6 Å². The van der Waals surface area contributed by atoms with Crippen LogP contribution in [0.1, 0.15) is 19.4 Å². The van der Waals surface area contributed by atoms with Crippen molar-refractivity contribution in [2.45, 2.75) is 25.8 Å². The minimum absolute atomic E-state index is 0.364. The van der Waals surface area contributed by atoms with Gasteiger partial charge in [-0.25, -0.2) is 4.98 Å². The van der Waals surface area contributed by atoms with E-state index in [0.717, 1.165) is 23.3 Å². The third-order valence-electron chi connectivity index (χ3n) is 3.43. The van der Waals surface area contributed by atoms with Crippen LogP contribution in [0.15, 0.2) is 30.5 Å². The average molecular weight is 293 g/mol. The van der Waals surface area contributed by atoms with E-state index in [9.17, 15) is 0 Å². The van der Waals surface area contributed by atoms with Gasteiger partial charge in [0, 0.05) is 37.2 Å². The molecule has 2 aromatic rings. The van der Waals surface area contributed by atoms with Crippen molar-refractivity contribution in [3.8, 4) is 0 Å². The first kappa shape index (κ1) is 15.1. The van der Waals surface area contributed by atoms with Gasteiger partial charge in [-0.3, -0.25) is 0 Å². The molecule has 0 spiro atoms. The van der Waals surface area contributed by atoms with Gasteiger partial charge in [0.2, 0.25) is 0 Å². The molecule has 20 heavy (non-hydrogen) atoms. The van der Waals surface area contributed by atoms with Crippen LogP contribution in [0, 0.1) is 0 Å². The summed E-state index contributed by atoms with van der Waals surface area (Å²) in [6.45, 7) is 5.85. The first-order chi connectivity index (χ1) is 9.69. The Balaban J connectivity index is 2.52. The number of fused-ring (bicyclic) bond motifs is 1. The largest absolute Gasteiger partial charge is 0.383 e. The molecule has 0 unspecified atom stereocenters. The molecule has 3 nitrogen and oxygen atoms in total. The fraction of sp³-hybridized carbons (Fsp3) is 0.438. The maximum Gasteiger partial charge on any atom is 0.136 e. The first-order valence-corrected chi connectivity index (χ1v) is 7.40. The monoisotopic (exact) mass is 292 g/mol. The number of benzene rings is 1. The molecule has 0 radical (unpaired) electrons. The lowest BCUT2D eigenvalue weighted by molar-refractivity contribution is 0.203. The molecule has 2 rings (SSSR count). The lowest BCUT2D eigenvalue weighted by Gasteiger charge is -2.29. The van der Waals surface area contributed by atoms with Crippen LogP contribution in [0.3, 0.4) is 0 Å². The lowest BCUT2D eigenvalue weighted by Crippen LogP contribution is -2.34. The number of hydrogen-bond donors (Lipinski definition) is 0. The lowest BCUT2D eigenvalue weighted by atomic mass is 10.1. The molecule has 108 valence electrons. The van der Waals surface area contributed by atoms with Gasteiger partial charge in [0.15, 0.2) is 0 Å². The van der Waals surface area contributed by atoms with Crippen molar-refractivity contribution in [2.75, 3.05) is 25.2 Å². The van der Waals surface area contributed by atoms with Crippen molar-refractivity contribution in [3.05, 3.63) is 36.0 Å². The van der Waals surface area contributed by atoms with E-state index in [4.69, 9.17) is 16.3 Å². The number of rotatable bonds is 6. The molecule has 0 atom stereocenters. The Bertz CT molecular complexity index is 571. The Morgan fingerprint density at radius 2 is 1.95 bits per heavy atom. The van der Waals surface area contributed by atoms with E-state index in [2.05, 4.69) is 35.9 Å². The number of halogens is 1. The molecule has 0 saturated carbocycles. The zero-order valence-electron chi connectivity index (χ0n) is 12.3. The van der Waals surface area contributed by atoms with E-state index in [0.29, 0.717) is 18.5 Å². The van der Waals surface area contributed by atoms with Crippen molar-refractivity contribution < 1.29 is 4.74 Å². The molecule has 0 aliphatic heterocycles. The highest BCUT2D eigenvalue weighted by atomic mass is 35.5. The summed E-state index contributed by atoms with van der Waals surface area (Å²) in [6, 6.07) is 8.66. The predicted octanol–water partition coefficient (Wildman–Crippen LogP) is 3.83. The average Bonchev–Trinajstić information content (AvgIpc) is 2.47. The standard InChI is InChI=1S/C16H21ClN2O/c1-12(2)19(8-9-20-3)16-15-7-5-4-6-14(15)13(10-17)11-18-16/h4-7,11-12H,8-10H2,1-3H3. The summed E-state index contributed by atoms with van der Waals surface area (Å²) in [5, 5.41) is 2.33. The van der Waals surface area contributed by atoms with Gasteiger partial charge in [-0.05, 0) is 24.8 Å². The normalized spacial score (nSPS) is 11.2. The third-order valence-corrected chi connectivity index (χ3v) is 3.72. The highest BCUT2D eigenvalue weighted by Crippen LogP contribution is 2.28. The fourth-order valence-corrected chi connectivity index (χ4v) is 2.58. The minimum Gasteiger partial charge on any atom is -0.383 e. The zero-order chi connectivity index (χ0) is 14.5. The second-order valence-electron chi connectivity index (χ2n) is 5.07. The fourth-order valence-electron chi connectivity index (χ4n) is 2.37. The number of methoxy groups -OCH3 is 1. The van der Waals surface area contributed by atoms with Crippen molar-refractivity contribution in [3.63, 3.8) is 0 Å². The van der Waals surface area contributed by atoms with Crippen LogP contribution in [0.5, 0.6) is 0 Å². The van der Waals surface area contributed by atoms with Crippen LogP contribution in [-0.4, -0.2) is 31.3 Å². The summed E-state index contributed by atoms with van der Waals surface area (Å²) in [4.78, 5) is 6.91. The second-order valence-corrected chi connectivity index (χ2v) is 5.33. The second kappa shape index (κ2) is 6.91. The van der Waals surface area contributed by atoms with Crippen molar-refractivity contribution in [1.29, 1.82) is 0 Å². The predicted molar refractivity (Wildman–Crippen MR) is 85.7 cm³/mol. The van der Waals surface area contributed by atoms with Gasteiger partial charge in [-0.1, -0.05) is 24.3 Å². The van der Waals surface area contributed by atoms with Crippen molar-refractivity contribution in [1.82, 2.24) is 4.98 Å². The summed E-state index contributed by atoms with van der Waals surface area (Å²) >= 11 is 6.01. The van der Waals surface area contributed by atoms with Gasteiger partial charge >= 0.3 is 0 Å². The number of pyridine rings is 1. The van der Waals surface area contributed by atoms with E-state index in [1.165, 1.54) is 5.39 Å². The summed E-state index contributed by atoms with van der Waals surface area (Å²) in [6.07, 6.45) is 1.88. The Morgan fingerprint density at radius 1 is 1.25 bits per heavy atom. The van der Waals surface area contributed by atoms with Crippen LogP contribution in [0.2, 0.25) is 0 Å². The Labute approximate surface area is 125 Å². The molecule has 0 aliphatic carbocycles. The topological polar surface area (TPSA) is 25.4 Å². The number of ether oxygens (including phenoxy) is 1. The summed E-state index contributed by atoms with van der Waals surface area (Å²) in [7, 11) is 1.72. The molecular weight excluding hydrogens is 272 g/mol. The Morgan fingerprint density at radius 3 is 2.55 bits per heavy atom. The highest BCUT2D eigenvalue weighted by Gasteiger charge is 2.16. The van der Waals surface area contributed by atoms with Gasteiger partial charge in [0.1, 0.15) is 5.82 Å². The molecule has 0 aliphatic rings. The van der Waals surface area contributed by atoms with Crippen LogP contribution in [-0.2, 0) is 10.6 Å². The molecule has 0 bridgehead atoms. The SMILES string of the molecule is COCCN(c1ncc(CCl)c2ccccc12)C(C)C. The maximum atomic E-state index is 6.01. The quantitative estimate of drug-likeness (QED) is 0.757. The van der Waals surface area contributed by atoms with E-state index in [1.54, 1.807) is 7.11 Å². The number of anilines is 1. The number of aromatic nitrogens is 1. The Kier molecular flexibility index (Phi) is 5.21. The van der Waals surface area contributed by atoms with Gasteiger partial charge in [-0.2, -0.15) is 0 Å². The zero-order valence-corrected chi connectivity index (χ0v) is 13.0. The minimum atomic E-state index is 0.364. The number of alkyl halides is 1. The van der Waals surface area contributed by atoms with Crippen LogP contribution in [0.25, 0.3) is 10.8 Å². The van der Waals surface area contributed by atoms with E-state index in [1.807, 2.05) is 18.3 Å². The highest BCUT2D eigenvalue weighted by molar-refractivity contribution is 6.18. The molecule has 0 N–H and O–H groups in total. The van der Waals surface area contributed by atoms with Crippen LogP contribution in [0.4, 0.5) is 5.82 Å². The first-order valence-electron chi connectivity index (χ1n) is 6.87. The van der Waals surface area contributed by atoms with E-state index in [-0.39, 0.29) is 0 Å². The summed E-state index contributed by atoms with van der Waals surface area (Å²) in [5.41, 5.74) is 1.07. The smallest absolute Gasteiger partial charge is 0.136 e. The van der Waals surface area contributed by atoms with Crippen molar-refractivity contribution in [2.24, 2.45) is 0 Å². The molecule has 1 heterocycles. The number of hydrogen-bond acceptors (Lipinski definition) is 3. The van der Waals surface area contributed by atoms with Gasteiger partial charge < -0.3 is 9.64 Å².